The number of hydrogen-bond donors (Lipinski definition) is 0. The predicted octanol–water partition coefficient (Wildman–Crippen LogP) is 3.45. The number of Topliss-reactive ketones (excluding diaryl/α,β-unsaturated/α-hetero) is 1. The summed E-state index contributed by atoms with van der Waals surface area (Å²) in [5.74, 6) is 0.358. The summed E-state index contributed by atoms with van der Waals surface area (Å²) < 4.78 is 0. The number of nitrogens with zero attached hydrogens (tertiary/aromatic N) is 1. The Labute approximate surface area is 116 Å². The van der Waals surface area contributed by atoms with Crippen molar-refractivity contribution in [3.8, 4) is 0 Å². The van der Waals surface area contributed by atoms with E-state index in [1.165, 1.54) is 19.3 Å². The minimum Gasteiger partial charge on any atom is -0.299 e. The Morgan fingerprint density at radius 3 is 2.42 bits per heavy atom. The van der Waals surface area contributed by atoms with Crippen LogP contribution in [0.25, 0.3) is 0 Å². The van der Waals surface area contributed by atoms with E-state index in [0.717, 1.165) is 12.1 Å². The van der Waals surface area contributed by atoms with E-state index in [9.17, 15) is 4.79 Å². The first-order chi connectivity index (χ1) is 9.16. The highest BCUT2D eigenvalue weighted by Gasteiger charge is 2.24. The summed E-state index contributed by atoms with van der Waals surface area (Å²) in [6.07, 6.45) is 5.15. The van der Waals surface area contributed by atoms with E-state index in [4.69, 9.17) is 0 Å². The maximum atomic E-state index is 12.0. The minimum absolute atomic E-state index is 0.358. The molecule has 1 aromatic rings. The van der Waals surface area contributed by atoms with E-state index < -0.39 is 0 Å². The van der Waals surface area contributed by atoms with E-state index in [2.05, 4.69) is 18.7 Å². The fourth-order valence-electron chi connectivity index (χ4n) is 3.08. The molecule has 1 heterocycles. The molecule has 0 spiro atoms. The topological polar surface area (TPSA) is 20.3 Å². The highest BCUT2D eigenvalue weighted by molar-refractivity contribution is 5.81. The number of carbonyl (C=O) groups excluding carboxylic acids is 1. The zero-order valence-corrected chi connectivity index (χ0v) is 12.1. The minimum atomic E-state index is 0.358. The second-order valence-corrected chi connectivity index (χ2v) is 5.82. The van der Waals surface area contributed by atoms with Gasteiger partial charge in [-0.2, -0.15) is 0 Å². The molecule has 19 heavy (non-hydrogen) atoms. The summed E-state index contributed by atoms with van der Waals surface area (Å²) in [4.78, 5) is 14.5. The monoisotopic (exact) mass is 259 g/mol. The molecule has 1 saturated heterocycles. The molecule has 0 N–H and O–H groups in total. The van der Waals surface area contributed by atoms with Crippen LogP contribution in [-0.2, 0) is 11.2 Å². The maximum Gasteiger partial charge on any atom is 0.138 e. The normalized spacial score (nSPS) is 24.3. The van der Waals surface area contributed by atoms with E-state index in [0.29, 0.717) is 30.7 Å². The van der Waals surface area contributed by atoms with E-state index in [1.54, 1.807) is 0 Å². The van der Waals surface area contributed by atoms with Crippen LogP contribution >= 0.6 is 0 Å². The van der Waals surface area contributed by atoms with Crippen molar-refractivity contribution in [2.45, 2.75) is 58.0 Å². The highest BCUT2D eigenvalue weighted by Crippen LogP contribution is 2.22. The molecule has 1 fully saturated rings. The van der Waals surface area contributed by atoms with E-state index in [-0.39, 0.29) is 0 Å². The van der Waals surface area contributed by atoms with Gasteiger partial charge < -0.3 is 0 Å². The van der Waals surface area contributed by atoms with Gasteiger partial charge in [-0.15, -0.1) is 0 Å². The lowest BCUT2D eigenvalue weighted by Crippen LogP contribution is -2.44. The van der Waals surface area contributed by atoms with Crippen molar-refractivity contribution < 1.29 is 4.79 Å². The Balaban J connectivity index is 1.80. The molecule has 1 aromatic carbocycles. The third-order valence-electron chi connectivity index (χ3n) is 4.27. The number of benzene rings is 1. The Hall–Kier alpha value is -1.15. The van der Waals surface area contributed by atoms with Gasteiger partial charge in [0.15, 0.2) is 0 Å². The van der Waals surface area contributed by atoms with Crippen LogP contribution < -0.4 is 0 Å². The molecule has 0 aliphatic carbocycles. The standard InChI is InChI=1S/C17H25NO/c1-14-7-6-8-15(2)18(14)12-11-17(19)13-16-9-4-3-5-10-16/h3-5,9-10,14-15H,6-8,11-13H2,1-2H3/t14-,15+. The van der Waals surface area contributed by atoms with Crippen molar-refractivity contribution in [2.75, 3.05) is 6.54 Å². The lowest BCUT2D eigenvalue weighted by Gasteiger charge is -2.38. The third kappa shape index (κ3) is 4.17. The number of ketones is 1. The number of hydrogen-bond acceptors (Lipinski definition) is 2. The van der Waals surface area contributed by atoms with Gasteiger partial charge in [0, 0.05) is 31.5 Å². The van der Waals surface area contributed by atoms with Gasteiger partial charge in [0.25, 0.3) is 0 Å². The summed E-state index contributed by atoms with van der Waals surface area (Å²) >= 11 is 0. The number of piperidine rings is 1. The van der Waals surface area contributed by atoms with Gasteiger partial charge in [-0.1, -0.05) is 36.8 Å². The Bertz CT molecular complexity index is 391. The molecule has 0 radical (unpaired) electrons. The lowest BCUT2D eigenvalue weighted by molar-refractivity contribution is -0.119. The molecule has 0 amide bonds. The first-order valence-corrected chi connectivity index (χ1v) is 7.48. The van der Waals surface area contributed by atoms with Gasteiger partial charge in [0.1, 0.15) is 5.78 Å². The number of likely N-dealkylation sites (tertiary alicyclic amines) is 1. The molecule has 0 saturated carbocycles. The molecule has 0 bridgehead atoms. The molecule has 0 aromatic heterocycles. The van der Waals surface area contributed by atoms with Gasteiger partial charge in [0.05, 0.1) is 0 Å². The van der Waals surface area contributed by atoms with Crippen molar-refractivity contribution in [2.24, 2.45) is 0 Å². The molecular formula is C17H25NO. The number of rotatable bonds is 5. The predicted molar refractivity (Wildman–Crippen MR) is 79.3 cm³/mol. The molecule has 2 nitrogen and oxygen atoms in total. The molecule has 2 rings (SSSR count). The van der Waals surface area contributed by atoms with Crippen LogP contribution in [0, 0.1) is 0 Å². The molecular weight excluding hydrogens is 234 g/mol. The van der Waals surface area contributed by atoms with Gasteiger partial charge in [-0.05, 0) is 32.3 Å². The fourth-order valence-corrected chi connectivity index (χ4v) is 3.08. The third-order valence-corrected chi connectivity index (χ3v) is 4.27. The molecule has 1 aliphatic rings. The Morgan fingerprint density at radius 2 is 1.79 bits per heavy atom. The van der Waals surface area contributed by atoms with Crippen LogP contribution in [0.5, 0.6) is 0 Å². The van der Waals surface area contributed by atoms with Crippen molar-refractivity contribution in [1.82, 2.24) is 4.90 Å². The van der Waals surface area contributed by atoms with Gasteiger partial charge in [0.2, 0.25) is 0 Å². The quantitative estimate of drug-likeness (QED) is 0.807. The van der Waals surface area contributed by atoms with Crippen molar-refractivity contribution in [3.05, 3.63) is 35.9 Å². The number of carbonyl (C=O) groups is 1. The van der Waals surface area contributed by atoms with Crippen LogP contribution in [0.2, 0.25) is 0 Å². The van der Waals surface area contributed by atoms with E-state index in [1.807, 2.05) is 30.3 Å². The van der Waals surface area contributed by atoms with Crippen LogP contribution in [0.15, 0.2) is 30.3 Å². The van der Waals surface area contributed by atoms with Crippen LogP contribution in [-0.4, -0.2) is 29.3 Å². The smallest absolute Gasteiger partial charge is 0.138 e. The summed E-state index contributed by atoms with van der Waals surface area (Å²) in [6, 6.07) is 11.3. The average molecular weight is 259 g/mol. The van der Waals surface area contributed by atoms with Crippen LogP contribution in [0.1, 0.15) is 45.1 Å². The van der Waals surface area contributed by atoms with Crippen LogP contribution in [0.4, 0.5) is 0 Å². The Morgan fingerprint density at radius 1 is 1.16 bits per heavy atom. The average Bonchev–Trinajstić information content (AvgIpc) is 2.39. The summed E-state index contributed by atoms with van der Waals surface area (Å²) in [5, 5.41) is 0. The summed E-state index contributed by atoms with van der Waals surface area (Å²) in [5.41, 5.74) is 1.13. The highest BCUT2D eigenvalue weighted by atomic mass is 16.1. The maximum absolute atomic E-state index is 12.0. The van der Waals surface area contributed by atoms with Crippen LogP contribution in [0.3, 0.4) is 0 Å². The Kier molecular flexibility index (Phi) is 5.15. The first-order valence-electron chi connectivity index (χ1n) is 7.48. The molecule has 104 valence electrons. The summed E-state index contributed by atoms with van der Waals surface area (Å²) in [6.45, 7) is 5.50. The largest absolute Gasteiger partial charge is 0.299 e. The van der Waals surface area contributed by atoms with Crippen molar-refractivity contribution in [1.29, 1.82) is 0 Å². The second kappa shape index (κ2) is 6.85. The van der Waals surface area contributed by atoms with Gasteiger partial charge >= 0.3 is 0 Å². The summed E-state index contributed by atoms with van der Waals surface area (Å²) in [7, 11) is 0. The zero-order chi connectivity index (χ0) is 13.7. The first kappa shape index (κ1) is 14.3. The molecule has 0 unspecified atom stereocenters. The zero-order valence-electron chi connectivity index (χ0n) is 12.1. The fraction of sp³-hybridized carbons (Fsp3) is 0.588. The van der Waals surface area contributed by atoms with Crippen molar-refractivity contribution >= 4 is 5.78 Å². The molecule has 2 heteroatoms. The van der Waals surface area contributed by atoms with Gasteiger partial charge in [-0.3, -0.25) is 9.69 Å². The molecule has 2 atom stereocenters. The molecule has 1 aliphatic heterocycles. The lowest BCUT2D eigenvalue weighted by atomic mass is 9.97. The van der Waals surface area contributed by atoms with Gasteiger partial charge in [-0.25, -0.2) is 0 Å². The SMILES string of the molecule is C[C@@H]1CCC[C@H](C)N1CCC(=O)Cc1ccccc1. The van der Waals surface area contributed by atoms with Crippen molar-refractivity contribution in [3.63, 3.8) is 0 Å². The van der Waals surface area contributed by atoms with E-state index >= 15 is 0 Å². The second-order valence-electron chi connectivity index (χ2n) is 5.82.